The van der Waals surface area contributed by atoms with Crippen LogP contribution in [0.15, 0.2) is 97.1 Å². The van der Waals surface area contributed by atoms with Gasteiger partial charge < -0.3 is 44.2 Å². The van der Waals surface area contributed by atoms with Gasteiger partial charge in [-0.05, 0) is 181 Å². The average molecular weight is 865 g/mol. The lowest BCUT2D eigenvalue weighted by molar-refractivity contribution is 0.00570. The molecule has 0 bridgehead atoms. The third-order valence-electron chi connectivity index (χ3n) is 10.7. The van der Waals surface area contributed by atoms with E-state index in [1.165, 1.54) is 0 Å². The Morgan fingerprint density at radius 3 is 1.25 bits per heavy atom. The predicted octanol–water partition coefficient (Wildman–Crippen LogP) is 8.10. The van der Waals surface area contributed by atoms with Gasteiger partial charge in [0, 0.05) is 16.9 Å². The molecule has 2 saturated heterocycles. The van der Waals surface area contributed by atoms with Gasteiger partial charge >= 0.3 is 32.1 Å². The molecule has 2 fully saturated rings. The van der Waals surface area contributed by atoms with E-state index in [0.29, 0.717) is 28.1 Å². The standard InChI is InChI=1S/C24H30BNO5.C13H17BO4.C11H15NO2/c1-22(2,3)29-21(28)16-11-13-19(14-12-16)26-20(27)17-9-8-10-18(15-17)25-30-23(4,5)24(6,7)31-25;1-12(2)13(3,4)18-14(17-12)10-7-5-6-9(8-10)11(15)16;1-11(2,3)14-10(13)8-4-6-9(12)7-5-8/h8-15H,1-7H3,(H,26,27);5-8H,1-4H3,(H,15,16);4-7H,12H2,1-3H3. The molecule has 4 aromatic rings. The summed E-state index contributed by atoms with van der Waals surface area (Å²) in [5.74, 6) is -1.94. The van der Waals surface area contributed by atoms with E-state index in [1.807, 2.05) is 109 Å². The maximum absolute atomic E-state index is 12.8. The van der Waals surface area contributed by atoms with Crippen molar-refractivity contribution in [2.24, 2.45) is 0 Å². The largest absolute Gasteiger partial charge is 0.494 e. The number of esters is 2. The van der Waals surface area contributed by atoms with E-state index in [1.54, 1.807) is 84.9 Å². The van der Waals surface area contributed by atoms with E-state index in [0.717, 1.165) is 10.9 Å². The second kappa shape index (κ2) is 19.1. The number of carbonyl (C=O) groups is 4. The van der Waals surface area contributed by atoms with Crippen LogP contribution in [0, 0.1) is 0 Å². The lowest BCUT2D eigenvalue weighted by atomic mass is 9.78. The number of nitrogens with two attached hydrogens (primary N) is 1. The molecule has 0 aliphatic carbocycles. The number of ether oxygens (including phenoxy) is 2. The van der Waals surface area contributed by atoms with Crippen molar-refractivity contribution >= 4 is 60.4 Å². The summed E-state index contributed by atoms with van der Waals surface area (Å²) in [5.41, 5.74) is 7.14. The molecule has 4 N–H and O–H groups in total. The molecule has 0 unspecified atom stereocenters. The van der Waals surface area contributed by atoms with Gasteiger partial charge in [-0.15, -0.1) is 0 Å². The molecular weight excluding hydrogens is 802 g/mol. The summed E-state index contributed by atoms with van der Waals surface area (Å²) >= 11 is 0. The van der Waals surface area contributed by atoms with Gasteiger partial charge in [0.05, 0.1) is 39.1 Å². The van der Waals surface area contributed by atoms with Crippen LogP contribution in [-0.2, 0) is 28.1 Å². The minimum atomic E-state index is -0.951. The number of carbonyl (C=O) groups excluding carboxylic acids is 3. The van der Waals surface area contributed by atoms with Crippen molar-refractivity contribution in [1.82, 2.24) is 0 Å². The molecule has 0 aromatic heterocycles. The van der Waals surface area contributed by atoms with Crippen molar-refractivity contribution in [3.05, 3.63) is 119 Å². The van der Waals surface area contributed by atoms with Crippen molar-refractivity contribution in [2.75, 3.05) is 11.1 Å². The van der Waals surface area contributed by atoms with Crippen LogP contribution in [0.3, 0.4) is 0 Å². The molecule has 0 radical (unpaired) electrons. The quantitative estimate of drug-likeness (QED) is 0.0924. The number of nitrogens with one attached hydrogen (secondary N) is 1. The zero-order chi connectivity index (χ0) is 47.3. The number of amides is 1. The van der Waals surface area contributed by atoms with E-state index in [9.17, 15) is 19.2 Å². The first-order valence-electron chi connectivity index (χ1n) is 20.8. The number of hydrogen-bond donors (Lipinski definition) is 3. The Morgan fingerprint density at radius 1 is 0.540 bits per heavy atom. The molecule has 6 rings (SSSR count). The number of carboxylic acids is 1. The molecule has 63 heavy (non-hydrogen) atoms. The van der Waals surface area contributed by atoms with Gasteiger partial charge in [0.1, 0.15) is 11.2 Å². The molecule has 4 aromatic carbocycles. The van der Waals surface area contributed by atoms with Gasteiger partial charge in [0.2, 0.25) is 0 Å². The van der Waals surface area contributed by atoms with E-state index < -0.39 is 59.8 Å². The van der Waals surface area contributed by atoms with Crippen LogP contribution in [0.5, 0.6) is 0 Å². The molecule has 0 spiro atoms. The maximum Gasteiger partial charge on any atom is 0.494 e. The molecule has 2 heterocycles. The fraction of sp³-hybridized carbons (Fsp3) is 0.417. The normalized spacial score (nSPS) is 17.0. The van der Waals surface area contributed by atoms with Crippen molar-refractivity contribution < 1.29 is 52.4 Å². The summed E-state index contributed by atoms with van der Waals surface area (Å²) in [4.78, 5) is 47.3. The highest BCUT2D eigenvalue weighted by atomic mass is 16.7. The summed E-state index contributed by atoms with van der Waals surface area (Å²) < 4.78 is 34.4. The third-order valence-corrected chi connectivity index (χ3v) is 10.7. The smallest absolute Gasteiger partial charge is 0.478 e. The van der Waals surface area contributed by atoms with E-state index in [4.69, 9.17) is 38.9 Å². The lowest BCUT2D eigenvalue weighted by Gasteiger charge is -2.32. The number of aromatic carboxylic acids is 1. The number of hydrogen-bond acceptors (Lipinski definition) is 11. The number of carboxylic acid groups (broad SMARTS) is 1. The SMILES string of the molecule is CC(C)(C)OC(=O)c1ccc(N)cc1.CC(C)(C)OC(=O)c1ccc(NC(=O)c2cccc(B3OC(C)(C)C(C)(C)O3)c2)cc1.CC1(C)OB(c2cccc(C(=O)O)c2)OC1(C)C. The first-order valence-corrected chi connectivity index (χ1v) is 20.8. The predicted molar refractivity (Wildman–Crippen MR) is 247 cm³/mol. The Hall–Kier alpha value is -5.47. The molecule has 336 valence electrons. The number of rotatable bonds is 7. The minimum absolute atomic E-state index is 0.238. The van der Waals surface area contributed by atoms with Crippen molar-refractivity contribution in [2.45, 2.75) is 131 Å². The number of benzene rings is 4. The first kappa shape index (κ1) is 50.2. The Morgan fingerprint density at radius 2 is 0.889 bits per heavy atom. The molecule has 2 aliphatic rings. The van der Waals surface area contributed by atoms with Crippen molar-refractivity contribution in [3.8, 4) is 0 Å². The van der Waals surface area contributed by atoms with Crippen LogP contribution in [0.1, 0.15) is 138 Å². The van der Waals surface area contributed by atoms with Gasteiger partial charge in [0.15, 0.2) is 0 Å². The molecule has 15 heteroatoms. The Kier molecular flexibility index (Phi) is 15.2. The van der Waals surface area contributed by atoms with E-state index >= 15 is 0 Å². The molecule has 2 aliphatic heterocycles. The zero-order valence-electron chi connectivity index (χ0n) is 39.0. The Labute approximate surface area is 372 Å². The minimum Gasteiger partial charge on any atom is -0.478 e. The average Bonchev–Trinajstić information content (AvgIpc) is 3.53. The second-order valence-corrected chi connectivity index (χ2v) is 19.4. The monoisotopic (exact) mass is 864 g/mol. The fourth-order valence-electron chi connectivity index (χ4n) is 5.79. The summed E-state index contributed by atoms with van der Waals surface area (Å²) in [6, 6.07) is 27.1. The van der Waals surface area contributed by atoms with Crippen LogP contribution in [-0.4, -0.2) is 76.8 Å². The van der Waals surface area contributed by atoms with Crippen LogP contribution in [0.25, 0.3) is 0 Å². The fourth-order valence-corrected chi connectivity index (χ4v) is 5.79. The molecule has 13 nitrogen and oxygen atoms in total. The molecule has 1 amide bonds. The first-order chi connectivity index (χ1) is 28.9. The highest BCUT2D eigenvalue weighted by molar-refractivity contribution is 6.62. The summed E-state index contributed by atoms with van der Waals surface area (Å²) in [7, 11) is -1.06. The Bertz CT molecular complexity index is 2230. The van der Waals surface area contributed by atoms with E-state index in [-0.39, 0.29) is 17.4 Å². The second-order valence-electron chi connectivity index (χ2n) is 19.4. The van der Waals surface area contributed by atoms with Gasteiger partial charge in [-0.25, -0.2) is 14.4 Å². The summed E-state index contributed by atoms with van der Waals surface area (Å²) in [6.45, 7) is 26.8. The summed E-state index contributed by atoms with van der Waals surface area (Å²) in [5, 5.41) is 11.8. The number of nitrogen functional groups attached to an aromatic ring is 1. The third kappa shape index (κ3) is 13.8. The topological polar surface area (TPSA) is 182 Å². The van der Waals surface area contributed by atoms with Gasteiger partial charge in [-0.3, -0.25) is 4.79 Å². The maximum atomic E-state index is 12.8. The molecular formula is C48H62B2N2O11. The lowest BCUT2D eigenvalue weighted by Crippen LogP contribution is -2.41. The van der Waals surface area contributed by atoms with Gasteiger partial charge in [-0.1, -0.05) is 24.3 Å². The Balaban J connectivity index is 0.000000230. The molecule has 0 atom stereocenters. The van der Waals surface area contributed by atoms with Crippen LogP contribution >= 0.6 is 0 Å². The van der Waals surface area contributed by atoms with Gasteiger partial charge in [0.25, 0.3) is 5.91 Å². The van der Waals surface area contributed by atoms with Crippen LogP contribution in [0.4, 0.5) is 11.4 Å². The highest BCUT2D eigenvalue weighted by Gasteiger charge is 2.52. The zero-order valence-corrected chi connectivity index (χ0v) is 39.0. The molecule has 0 saturated carbocycles. The van der Waals surface area contributed by atoms with Crippen molar-refractivity contribution in [3.63, 3.8) is 0 Å². The van der Waals surface area contributed by atoms with Gasteiger partial charge in [-0.2, -0.15) is 0 Å². The highest BCUT2D eigenvalue weighted by Crippen LogP contribution is 2.37. The van der Waals surface area contributed by atoms with Crippen LogP contribution < -0.4 is 22.0 Å². The van der Waals surface area contributed by atoms with Crippen LogP contribution in [0.2, 0.25) is 0 Å². The van der Waals surface area contributed by atoms with Crippen molar-refractivity contribution in [1.29, 1.82) is 0 Å². The van der Waals surface area contributed by atoms with E-state index in [2.05, 4.69) is 5.32 Å². The summed E-state index contributed by atoms with van der Waals surface area (Å²) in [6.07, 6.45) is 0. The number of anilines is 2.